The number of hydrogen-bond acceptors (Lipinski definition) is 4. The molecule has 0 aliphatic heterocycles. The smallest absolute Gasteiger partial charge is 0.335 e. The van der Waals surface area contributed by atoms with Gasteiger partial charge in [0.2, 0.25) is 5.91 Å². The van der Waals surface area contributed by atoms with Crippen LogP contribution in [0.2, 0.25) is 0 Å². The van der Waals surface area contributed by atoms with Crippen molar-refractivity contribution in [2.45, 2.75) is 6.54 Å². The number of nitrogens with zero attached hydrogens (tertiary/aromatic N) is 1. The second-order valence-corrected chi connectivity index (χ2v) is 5.64. The Bertz CT molecular complexity index is 960. The zero-order valence-corrected chi connectivity index (χ0v) is 14.4. The van der Waals surface area contributed by atoms with Gasteiger partial charge in [-0.2, -0.15) is 0 Å². The molecule has 7 nitrogen and oxygen atoms in total. The average molecular weight is 354 g/mol. The SMILES string of the molecule is COc1cc(OC)c2ccn(CC(=O)Nc3ccc(C(=O)O)cc3)c2c1. The molecule has 3 rings (SSSR count). The van der Waals surface area contributed by atoms with E-state index in [0.29, 0.717) is 17.2 Å². The summed E-state index contributed by atoms with van der Waals surface area (Å²) in [4.78, 5) is 23.2. The monoisotopic (exact) mass is 354 g/mol. The fourth-order valence-corrected chi connectivity index (χ4v) is 2.71. The summed E-state index contributed by atoms with van der Waals surface area (Å²) < 4.78 is 12.4. The number of carboxylic acid groups (broad SMARTS) is 1. The van der Waals surface area contributed by atoms with Gasteiger partial charge in [-0.15, -0.1) is 0 Å². The van der Waals surface area contributed by atoms with E-state index in [2.05, 4.69) is 5.32 Å². The highest BCUT2D eigenvalue weighted by molar-refractivity contribution is 5.94. The van der Waals surface area contributed by atoms with E-state index in [1.807, 2.05) is 12.1 Å². The summed E-state index contributed by atoms with van der Waals surface area (Å²) in [6.07, 6.45) is 1.81. The highest BCUT2D eigenvalue weighted by Gasteiger charge is 2.12. The largest absolute Gasteiger partial charge is 0.497 e. The van der Waals surface area contributed by atoms with Gasteiger partial charge in [-0.3, -0.25) is 4.79 Å². The van der Waals surface area contributed by atoms with Gasteiger partial charge < -0.3 is 24.5 Å². The zero-order valence-electron chi connectivity index (χ0n) is 14.4. The number of carboxylic acids is 1. The molecule has 1 aromatic heterocycles. The summed E-state index contributed by atoms with van der Waals surface area (Å²) in [6, 6.07) is 11.5. The Labute approximate surface area is 149 Å². The Morgan fingerprint density at radius 2 is 1.81 bits per heavy atom. The second kappa shape index (κ2) is 7.18. The van der Waals surface area contributed by atoms with Gasteiger partial charge in [0, 0.05) is 29.4 Å². The van der Waals surface area contributed by atoms with Crippen molar-refractivity contribution in [1.29, 1.82) is 0 Å². The zero-order chi connectivity index (χ0) is 18.7. The summed E-state index contributed by atoms with van der Waals surface area (Å²) in [5, 5.41) is 12.5. The van der Waals surface area contributed by atoms with E-state index in [9.17, 15) is 9.59 Å². The van der Waals surface area contributed by atoms with Gasteiger partial charge in [0.15, 0.2) is 0 Å². The minimum absolute atomic E-state index is 0.0977. The fraction of sp³-hybridized carbons (Fsp3) is 0.158. The van der Waals surface area contributed by atoms with E-state index < -0.39 is 5.97 Å². The standard InChI is InChI=1S/C19H18N2O5/c1-25-14-9-16-15(17(10-14)26-2)7-8-21(16)11-18(22)20-13-5-3-12(4-6-13)19(23)24/h3-10H,11H2,1-2H3,(H,20,22)(H,23,24). The van der Waals surface area contributed by atoms with Crippen LogP contribution in [0.5, 0.6) is 11.5 Å². The molecule has 1 amide bonds. The maximum Gasteiger partial charge on any atom is 0.335 e. The number of carbonyl (C=O) groups is 2. The lowest BCUT2D eigenvalue weighted by Gasteiger charge is -2.10. The minimum Gasteiger partial charge on any atom is -0.497 e. The van der Waals surface area contributed by atoms with Crippen molar-refractivity contribution in [2.24, 2.45) is 0 Å². The molecule has 0 saturated heterocycles. The number of fused-ring (bicyclic) bond motifs is 1. The number of ether oxygens (including phenoxy) is 2. The van der Waals surface area contributed by atoms with Crippen molar-refractivity contribution >= 4 is 28.5 Å². The van der Waals surface area contributed by atoms with Crippen molar-refractivity contribution in [1.82, 2.24) is 4.57 Å². The Morgan fingerprint density at radius 3 is 2.42 bits per heavy atom. The van der Waals surface area contributed by atoms with Crippen molar-refractivity contribution in [3.05, 3.63) is 54.2 Å². The van der Waals surface area contributed by atoms with Gasteiger partial charge >= 0.3 is 5.97 Å². The average Bonchev–Trinajstić information content (AvgIpc) is 3.04. The lowest BCUT2D eigenvalue weighted by molar-refractivity contribution is -0.116. The second-order valence-electron chi connectivity index (χ2n) is 5.64. The first kappa shape index (κ1) is 17.3. The molecule has 0 radical (unpaired) electrons. The maximum absolute atomic E-state index is 12.3. The highest BCUT2D eigenvalue weighted by Crippen LogP contribution is 2.31. The van der Waals surface area contributed by atoms with Gasteiger partial charge in [0.1, 0.15) is 18.0 Å². The van der Waals surface area contributed by atoms with Gasteiger partial charge in [0.25, 0.3) is 0 Å². The third-order valence-electron chi connectivity index (χ3n) is 4.01. The van der Waals surface area contributed by atoms with Crippen LogP contribution in [0.4, 0.5) is 5.69 Å². The van der Waals surface area contributed by atoms with Gasteiger partial charge in [-0.1, -0.05) is 0 Å². The summed E-state index contributed by atoms with van der Waals surface area (Å²) in [5.74, 6) is 0.0682. The highest BCUT2D eigenvalue weighted by atomic mass is 16.5. The third kappa shape index (κ3) is 3.46. The predicted octanol–water partition coefficient (Wildman–Crippen LogP) is 3.00. The normalized spacial score (nSPS) is 10.5. The van der Waals surface area contributed by atoms with Crippen LogP contribution >= 0.6 is 0 Å². The first-order valence-corrected chi connectivity index (χ1v) is 7.86. The molecule has 2 N–H and O–H groups in total. The number of rotatable bonds is 6. The number of carbonyl (C=O) groups excluding carboxylic acids is 1. The van der Waals surface area contributed by atoms with Crippen LogP contribution in [0.3, 0.4) is 0 Å². The van der Waals surface area contributed by atoms with E-state index in [4.69, 9.17) is 14.6 Å². The Morgan fingerprint density at radius 1 is 1.08 bits per heavy atom. The molecular weight excluding hydrogens is 336 g/mol. The van der Waals surface area contributed by atoms with Crippen LogP contribution in [0.15, 0.2) is 48.7 Å². The molecule has 26 heavy (non-hydrogen) atoms. The number of aromatic nitrogens is 1. The number of nitrogens with one attached hydrogen (secondary N) is 1. The fourth-order valence-electron chi connectivity index (χ4n) is 2.71. The molecule has 0 aliphatic rings. The lowest BCUT2D eigenvalue weighted by Crippen LogP contribution is -2.18. The molecule has 7 heteroatoms. The van der Waals surface area contributed by atoms with E-state index in [1.54, 1.807) is 43.2 Å². The molecule has 0 unspecified atom stereocenters. The molecule has 0 aliphatic carbocycles. The van der Waals surface area contributed by atoms with Crippen molar-refractivity contribution in [3.8, 4) is 11.5 Å². The first-order chi connectivity index (χ1) is 12.5. The summed E-state index contributed by atoms with van der Waals surface area (Å²) in [5.41, 5.74) is 1.52. The van der Waals surface area contributed by atoms with E-state index in [1.165, 1.54) is 12.1 Å². The third-order valence-corrected chi connectivity index (χ3v) is 4.01. The van der Waals surface area contributed by atoms with Gasteiger partial charge in [-0.25, -0.2) is 4.79 Å². The Balaban J connectivity index is 1.79. The van der Waals surface area contributed by atoms with Crippen LogP contribution < -0.4 is 14.8 Å². The summed E-state index contributed by atoms with van der Waals surface area (Å²) in [6.45, 7) is 0.0977. The molecule has 1 heterocycles. The number of amides is 1. The van der Waals surface area contributed by atoms with Gasteiger partial charge in [-0.05, 0) is 30.3 Å². The molecule has 2 aromatic carbocycles. The van der Waals surface area contributed by atoms with Crippen LogP contribution in [-0.2, 0) is 11.3 Å². The minimum atomic E-state index is -1.01. The number of anilines is 1. The molecule has 0 atom stereocenters. The van der Waals surface area contributed by atoms with Crippen molar-refractivity contribution < 1.29 is 24.2 Å². The quantitative estimate of drug-likeness (QED) is 0.710. The number of aromatic carboxylic acids is 1. The predicted molar refractivity (Wildman–Crippen MR) is 97.1 cm³/mol. The molecule has 0 spiro atoms. The van der Waals surface area contributed by atoms with Crippen LogP contribution in [-0.4, -0.2) is 35.8 Å². The van der Waals surface area contributed by atoms with Crippen LogP contribution in [0.1, 0.15) is 10.4 Å². The lowest BCUT2D eigenvalue weighted by atomic mass is 10.2. The molecule has 134 valence electrons. The Hall–Kier alpha value is -3.48. The van der Waals surface area contributed by atoms with Crippen molar-refractivity contribution in [2.75, 3.05) is 19.5 Å². The van der Waals surface area contributed by atoms with Crippen LogP contribution in [0.25, 0.3) is 10.9 Å². The maximum atomic E-state index is 12.3. The summed E-state index contributed by atoms with van der Waals surface area (Å²) in [7, 11) is 3.15. The van der Waals surface area contributed by atoms with E-state index in [-0.39, 0.29) is 18.0 Å². The number of hydrogen-bond donors (Lipinski definition) is 2. The molecule has 3 aromatic rings. The topological polar surface area (TPSA) is 89.8 Å². The number of methoxy groups -OCH3 is 2. The molecule has 0 saturated carbocycles. The van der Waals surface area contributed by atoms with E-state index >= 15 is 0 Å². The molecule has 0 bridgehead atoms. The van der Waals surface area contributed by atoms with Crippen LogP contribution in [0, 0.1) is 0 Å². The molecular formula is C19H18N2O5. The first-order valence-electron chi connectivity index (χ1n) is 7.86. The summed E-state index contributed by atoms with van der Waals surface area (Å²) >= 11 is 0. The van der Waals surface area contributed by atoms with E-state index in [0.717, 1.165) is 10.9 Å². The molecule has 0 fully saturated rings. The van der Waals surface area contributed by atoms with Crippen molar-refractivity contribution in [3.63, 3.8) is 0 Å². The number of benzene rings is 2. The Kier molecular flexibility index (Phi) is 4.79. The van der Waals surface area contributed by atoms with Gasteiger partial charge in [0.05, 0.1) is 25.3 Å².